The van der Waals surface area contributed by atoms with Gasteiger partial charge in [-0.15, -0.1) is 0 Å². The molecular weight excluding hydrogens is 370 g/mol. The van der Waals surface area contributed by atoms with Gasteiger partial charge in [-0.2, -0.15) is 0 Å². The molecule has 7 heteroatoms. The number of imidazole rings is 1. The highest BCUT2D eigenvalue weighted by atomic mass is 16.2. The van der Waals surface area contributed by atoms with Crippen LogP contribution in [0.1, 0.15) is 48.8 Å². The van der Waals surface area contributed by atoms with Crippen LogP contribution in [-0.2, 0) is 5.34 Å². The Morgan fingerprint density at radius 2 is 1.90 bits per heavy atom. The normalized spacial score (nSPS) is 19.6. The van der Waals surface area contributed by atoms with E-state index in [4.69, 9.17) is 15.7 Å². The lowest BCUT2D eigenvalue weighted by molar-refractivity contribution is 0.0615. The highest BCUT2D eigenvalue weighted by Crippen LogP contribution is 2.27. The summed E-state index contributed by atoms with van der Waals surface area (Å²) in [6.07, 6.45) is 3.77. The number of rotatable bonds is 6. The second-order valence-corrected chi connectivity index (χ2v) is 8.09. The van der Waals surface area contributed by atoms with E-state index < -0.39 is 5.34 Å². The summed E-state index contributed by atoms with van der Waals surface area (Å²) in [5.74, 6) is 0.332. The summed E-state index contributed by atoms with van der Waals surface area (Å²) < 4.78 is 0. The van der Waals surface area contributed by atoms with Crippen LogP contribution in [0.25, 0.3) is 11.0 Å². The van der Waals surface area contributed by atoms with E-state index in [0.29, 0.717) is 12.4 Å². The minimum Gasteiger partial charge on any atom is -0.334 e. The third-order valence-electron chi connectivity index (χ3n) is 5.98. The largest absolute Gasteiger partial charge is 0.334 e. The van der Waals surface area contributed by atoms with Gasteiger partial charge in [-0.05, 0) is 55.6 Å². The zero-order valence-corrected chi connectivity index (χ0v) is 17.3. The number of para-hydroxylation sites is 2. The molecule has 30 heavy (non-hydrogen) atoms. The zero-order chi connectivity index (χ0) is 21.1. The number of fused-ring (bicyclic) bond motifs is 1. The number of nitrogens with one attached hydrogen (secondary N) is 2. The van der Waals surface area contributed by atoms with Crippen LogP contribution in [0.2, 0.25) is 0 Å². The van der Waals surface area contributed by atoms with Crippen molar-refractivity contribution in [2.45, 2.75) is 50.0 Å². The predicted octanol–water partition coefficient (Wildman–Crippen LogP) is 3.07. The van der Waals surface area contributed by atoms with Crippen LogP contribution in [0.3, 0.4) is 0 Å². The van der Waals surface area contributed by atoms with Crippen molar-refractivity contribution in [3.8, 4) is 0 Å². The molecule has 2 aromatic carbocycles. The monoisotopic (exact) mass is 396 g/mol. The second kappa shape index (κ2) is 8.68. The van der Waals surface area contributed by atoms with E-state index in [1.807, 2.05) is 66.4 Å². The van der Waals surface area contributed by atoms with Gasteiger partial charge in [-0.25, -0.2) is 4.98 Å². The third-order valence-corrected chi connectivity index (χ3v) is 5.98. The number of aromatic nitrogens is 2. The minimum absolute atomic E-state index is 0.0610. The summed E-state index contributed by atoms with van der Waals surface area (Å²) >= 11 is 0. The fourth-order valence-electron chi connectivity index (χ4n) is 4.47. The Balaban J connectivity index is 1.47. The average molecular weight is 396 g/mol. The Bertz CT molecular complexity index is 972. The molecule has 0 bridgehead atoms. The van der Waals surface area contributed by atoms with Crippen LogP contribution in [0.5, 0.6) is 0 Å². The fraction of sp³-hybridized carbons (Fsp3) is 0.391. The number of carbonyl (C=O) groups is 1. The number of carbonyl (C=O) groups excluding carboxylic acids is 1. The topological polar surface area (TPSA) is 61.0 Å². The molecule has 0 spiro atoms. The summed E-state index contributed by atoms with van der Waals surface area (Å²) in [5.41, 5.74) is 2.52. The molecule has 2 N–H and O–H groups in total. The van der Waals surface area contributed by atoms with E-state index >= 15 is 0 Å². The smallest absolute Gasteiger partial charge is 0.289 e. The average Bonchev–Trinajstić information content (AvgIpc) is 3.19. The van der Waals surface area contributed by atoms with Crippen LogP contribution < -0.4 is 5.32 Å². The lowest BCUT2D eigenvalue weighted by Crippen LogP contribution is -2.53. The number of hydrogen-bond donors (Lipinski definition) is 2. The van der Waals surface area contributed by atoms with E-state index in [-0.39, 0.29) is 18.0 Å². The Morgan fingerprint density at radius 1 is 1.17 bits per heavy atom. The molecular formula is C23H26B2N4O. The molecule has 1 aliphatic rings. The van der Waals surface area contributed by atoms with Gasteiger partial charge in [0.05, 0.1) is 26.7 Å². The van der Waals surface area contributed by atoms with E-state index in [2.05, 4.69) is 15.3 Å². The Hall–Kier alpha value is -2.53. The molecule has 0 aliphatic heterocycles. The quantitative estimate of drug-likeness (QED) is 0.630. The number of aromatic amines is 1. The van der Waals surface area contributed by atoms with Crippen LogP contribution in [-0.4, -0.2) is 55.1 Å². The van der Waals surface area contributed by atoms with Crippen LogP contribution in [0.4, 0.5) is 0 Å². The lowest BCUT2D eigenvalue weighted by atomic mass is 9.57. The molecule has 1 heterocycles. The molecule has 150 valence electrons. The Morgan fingerprint density at radius 3 is 2.63 bits per heavy atom. The van der Waals surface area contributed by atoms with Crippen molar-refractivity contribution in [2.24, 2.45) is 0 Å². The summed E-state index contributed by atoms with van der Waals surface area (Å²) in [5, 5.41) is 2.31. The summed E-state index contributed by atoms with van der Waals surface area (Å²) in [6, 6.07) is 17.6. The first-order chi connectivity index (χ1) is 14.5. The number of nitrogens with zero attached hydrogens (tertiary/aromatic N) is 2. The zero-order valence-electron chi connectivity index (χ0n) is 17.3. The summed E-state index contributed by atoms with van der Waals surface area (Å²) in [7, 11) is 12.8. The standard InChI is InChI=1S/C23H26B2N4O/c1-2-29(22(30)21-26-19-13-6-7-14-20(19)27-21)18-12-8-11-17(15-18)28-23(24,25)16-9-4-3-5-10-16/h3-7,9-10,13-14,17-18,28H,2,8,11-12,15H2,1H3,(H,26,27)/t17-,18+/m1/s1. The van der Waals surface area contributed by atoms with Crippen LogP contribution >= 0.6 is 0 Å². The van der Waals surface area contributed by atoms with Gasteiger partial charge in [0.15, 0.2) is 5.82 Å². The summed E-state index contributed by atoms with van der Waals surface area (Å²) in [6.45, 7) is 2.64. The highest BCUT2D eigenvalue weighted by Gasteiger charge is 2.32. The van der Waals surface area contributed by atoms with Gasteiger partial charge in [0.1, 0.15) is 0 Å². The van der Waals surface area contributed by atoms with Crippen molar-refractivity contribution < 1.29 is 4.79 Å². The highest BCUT2D eigenvalue weighted by molar-refractivity contribution is 6.39. The molecule has 0 unspecified atom stereocenters. The van der Waals surface area contributed by atoms with E-state index in [1.165, 1.54) is 0 Å². The maximum absolute atomic E-state index is 13.2. The molecule has 1 aliphatic carbocycles. The number of hydrogen-bond acceptors (Lipinski definition) is 3. The van der Waals surface area contributed by atoms with Crippen molar-refractivity contribution in [3.63, 3.8) is 0 Å². The van der Waals surface area contributed by atoms with E-state index in [9.17, 15) is 4.79 Å². The molecule has 2 atom stereocenters. The van der Waals surface area contributed by atoms with Gasteiger partial charge in [0, 0.05) is 18.6 Å². The summed E-state index contributed by atoms with van der Waals surface area (Å²) in [4.78, 5) is 22.8. The van der Waals surface area contributed by atoms with Gasteiger partial charge < -0.3 is 15.2 Å². The molecule has 1 aromatic heterocycles. The maximum atomic E-state index is 13.2. The van der Waals surface area contributed by atoms with Gasteiger partial charge in [0.2, 0.25) is 0 Å². The van der Waals surface area contributed by atoms with Gasteiger partial charge >= 0.3 is 0 Å². The van der Waals surface area contributed by atoms with Crippen molar-refractivity contribution in [1.82, 2.24) is 20.2 Å². The lowest BCUT2D eigenvalue weighted by Gasteiger charge is -2.41. The molecule has 4 rings (SSSR count). The third kappa shape index (κ3) is 4.31. The minimum atomic E-state index is -1.10. The number of amides is 1. The molecule has 1 saturated carbocycles. The molecule has 0 saturated heterocycles. The first-order valence-corrected chi connectivity index (χ1v) is 10.6. The van der Waals surface area contributed by atoms with Crippen molar-refractivity contribution in [3.05, 3.63) is 66.0 Å². The second-order valence-electron chi connectivity index (χ2n) is 8.09. The van der Waals surface area contributed by atoms with E-state index in [1.54, 1.807) is 0 Å². The number of benzene rings is 2. The van der Waals surface area contributed by atoms with Crippen molar-refractivity contribution >= 4 is 32.6 Å². The first-order valence-electron chi connectivity index (χ1n) is 10.6. The first kappa shape index (κ1) is 20.7. The fourth-order valence-corrected chi connectivity index (χ4v) is 4.47. The van der Waals surface area contributed by atoms with Gasteiger partial charge in [0.25, 0.3) is 5.91 Å². The van der Waals surface area contributed by atoms with Gasteiger partial charge in [-0.3, -0.25) is 4.79 Å². The molecule has 3 aromatic rings. The van der Waals surface area contributed by atoms with Gasteiger partial charge in [-0.1, -0.05) is 42.5 Å². The van der Waals surface area contributed by atoms with Crippen molar-refractivity contribution in [1.29, 1.82) is 0 Å². The molecule has 5 nitrogen and oxygen atoms in total. The predicted molar refractivity (Wildman–Crippen MR) is 122 cm³/mol. The van der Waals surface area contributed by atoms with Crippen molar-refractivity contribution in [2.75, 3.05) is 6.54 Å². The Labute approximate surface area is 180 Å². The van der Waals surface area contributed by atoms with E-state index in [0.717, 1.165) is 42.3 Å². The molecule has 1 amide bonds. The number of H-pyrrole nitrogens is 1. The molecule has 4 radical (unpaired) electrons. The SMILES string of the molecule is [B]C([B])(N[C@@H]1CCC[C@H](N(CC)C(=O)c2nc3ccccc3[nH]2)C1)c1ccccc1. The maximum Gasteiger partial charge on any atom is 0.289 e. The molecule has 1 fully saturated rings. The Kier molecular flexibility index (Phi) is 6.00. The van der Waals surface area contributed by atoms with Crippen LogP contribution in [0, 0.1) is 0 Å². The van der Waals surface area contributed by atoms with Crippen LogP contribution in [0.15, 0.2) is 54.6 Å².